The monoisotopic (exact) mass is 661 g/mol. The second-order valence-electron chi connectivity index (χ2n) is 14.0. The zero-order valence-electron chi connectivity index (χ0n) is 29.7. The van der Waals surface area contributed by atoms with Crippen molar-refractivity contribution in [1.82, 2.24) is 15.2 Å². The number of carbonyl (C=O) groups excluding carboxylic acids is 2. The molecule has 2 bridgehead atoms. The number of rotatable bonds is 16. The Labute approximate surface area is 293 Å². The molecule has 1 aromatic heterocycles. The molecule has 2 amide bonds. The van der Waals surface area contributed by atoms with Gasteiger partial charge < -0.3 is 25.8 Å². The molecule has 3 heterocycles. The number of allylic oxidation sites excluding steroid dienone is 5. The molecule has 49 heavy (non-hydrogen) atoms. The van der Waals surface area contributed by atoms with Gasteiger partial charge in [0, 0.05) is 29.8 Å². The molecule has 3 aliphatic rings. The predicted octanol–water partition coefficient (Wildman–Crippen LogP) is 8.46. The zero-order valence-corrected chi connectivity index (χ0v) is 29.7. The molecular weight excluding hydrogens is 606 g/mol. The summed E-state index contributed by atoms with van der Waals surface area (Å²) in [7, 11) is 0. The highest BCUT2D eigenvalue weighted by molar-refractivity contribution is 5.95. The number of aryl methyl sites for hydroxylation is 3. The highest BCUT2D eigenvalue weighted by Gasteiger charge is 2.31. The third-order valence-electron chi connectivity index (χ3n) is 9.97. The maximum Gasteiger partial charge on any atom is 0.252 e. The van der Waals surface area contributed by atoms with Gasteiger partial charge in [-0.1, -0.05) is 56.0 Å². The van der Waals surface area contributed by atoms with E-state index < -0.39 is 0 Å². The number of hydrogen-bond acceptors (Lipinski definition) is 4. The Morgan fingerprint density at radius 2 is 1.78 bits per heavy atom. The van der Waals surface area contributed by atoms with Gasteiger partial charge in [-0.05, 0) is 149 Å². The number of amides is 2. The molecule has 1 aliphatic carbocycles. The van der Waals surface area contributed by atoms with Crippen LogP contribution in [0.25, 0.3) is 5.57 Å². The first-order valence-corrected chi connectivity index (χ1v) is 18.2. The Kier molecular flexibility index (Phi) is 13.1. The number of fused-ring (bicyclic) bond motifs is 4. The molecule has 260 valence electrons. The van der Waals surface area contributed by atoms with Gasteiger partial charge in [-0.25, -0.2) is 0 Å². The molecule has 7 heteroatoms. The van der Waals surface area contributed by atoms with Gasteiger partial charge in [0.25, 0.3) is 5.91 Å². The molecule has 1 saturated carbocycles. The van der Waals surface area contributed by atoms with Gasteiger partial charge in [-0.3, -0.25) is 9.59 Å². The van der Waals surface area contributed by atoms with Gasteiger partial charge in [0.05, 0.1) is 12.1 Å². The van der Waals surface area contributed by atoms with Crippen LogP contribution >= 0.6 is 0 Å². The van der Waals surface area contributed by atoms with E-state index in [1.807, 2.05) is 32.0 Å². The number of aromatic amines is 1. The van der Waals surface area contributed by atoms with Crippen LogP contribution in [-0.2, 0) is 11.2 Å². The first-order valence-electron chi connectivity index (χ1n) is 18.2. The van der Waals surface area contributed by atoms with Gasteiger partial charge in [0.1, 0.15) is 0 Å². The van der Waals surface area contributed by atoms with Crippen molar-refractivity contribution in [2.45, 2.75) is 72.1 Å². The van der Waals surface area contributed by atoms with E-state index in [1.165, 1.54) is 49.9 Å². The highest BCUT2D eigenvalue weighted by Crippen LogP contribution is 2.39. The van der Waals surface area contributed by atoms with Crippen LogP contribution in [0.3, 0.4) is 0 Å². The van der Waals surface area contributed by atoms with Gasteiger partial charge in [0.15, 0.2) is 0 Å². The van der Waals surface area contributed by atoms with E-state index in [0.29, 0.717) is 12.1 Å². The van der Waals surface area contributed by atoms with E-state index in [1.54, 1.807) is 6.20 Å². The zero-order chi connectivity index (χ0) is 34.6. The van der Waals surface area contributed by atoms with Gasteiger partial charge in [0.2, 0.25) is 5.91 Å². The lowest BCUT2D eigenvalue weighted by Crippen LogP contribution is -2.38. The summed E-state index contributed by atoms with van der Waals surface area (Å²) in [5.74, 6) is 1.79. The first-order chi connectivity index (χ1) is 23.7. The topological polar surface area (TPSA) is 89.3 Å². The Balaban J connectivity index is 1.06. The van der Waals surface area contributed by atoms with Crippen molar-refractivity contribution in [2.24, 2.45) is 11.8 Å². The predicted molar refractivity (Wildman–Crippen MR) is 204 cm³/mol. The van der Waals surface area contributed by atoms with Crippen LogP contribution in [0.5, 0.6) is 0 Å². The Morgan fingerprint density at radius 3 is 2.51 bits per heavy atom. The summed E-state index contributed by atoms with van der Waals surface area (Å²) in [6, 6.07) is 16.1. The maximum absolute atomic E-state index is 12.9. The van der Waals surface area contributed by atoms with Crippen molar-refractivity contribution < 1.29 is 9.59 Å². The fourth-order valence-electron chi connectivity index (χ4n) is 6.85. The van der Waals surface area contributed by atoms with E-state index in [-0.39, 0.29) is 18.4 Å². The smallest absolute Gasteiger partial charge is 0.252 e. The summed E-state index contributed by atoms with van der Waals surface area (Å²) in [6.07, 6.45) is 17.4. The van der Waals surface area contributed by atoms with Crippen LogP contribution in [0.4, 0.5) is 11.4 Å². The minimum absolute atomic E-state index is 0.0448. The molecule has 7 nitrogen and oxygen atoms in total. The summed E-state index contributed by atoms with van der Waals surface area (Å²) in [4.78, 5) is 31.3. The number of nitrogens with one attached hydrogen (secondary N) is 4. The van der Waals surface area contributed by atoms with Gasteiger partial charge >= 0.3 is 0 Å². The number of hydrogen-bond donors (Lipinski definition) is 4. The number of benzene rings is 2. The Bertz CT molecular complexity index is 1610. The number of H-pyrrole nitrogens is 1. The molecule has 2 aromatic carbocycles. The van der Waals surface area contributed by atoms with Crippen LogP contribution in [0, 0.1) is 25.7 Å². The first kappa shape index (κ1) is 35.9. The van der Waals surface area contributed by atoms with E-state index in [4.69, 9.17) is 0 Å². The number of anilines is 2. The lowest BCUT2D eigenvalue weighted by molar-refractivity contribution is -0.114. The van der Waals surface area contributed by atoms with Crippen LogP contribution in [0.15, 0.2) is 85.1 Å². The summed E-state index contributed by atoms with van der Waals surface area (Å²) in [5, 5.41) is 9.33. The van der Waals surface area contributed by atoms with Gasteiger partial charge in [-0.2, -0.15) is 0 Å². The van der Waals surface area contributed by atoms with E-state index in [0.717, 1.165) is 77.8 Å². The summed E-state index contributed by atoms with van der Waals surface area (Å²) >= 11 is 0. The second kappa shape index (κ2) is 17.9. The fraction of sp³-hybridized carbons (Fsp3) is 0.429. The van der Waals surface area contributed by atoms with Crippen molar-refractivity contribution in [3.8, 4) is 0 Å². The van der Waals surface area contributed by atoms with Crippen LogP contribution in [-0.4, -0.2) is 54.4 Å². The standard InChI is InChI=1S/C42H55N5O2/c1-5-6-8-34(12-11-33-13-15-38(16-14-33)46-41(48)29-45-39-23-30(2)9-10-31(39)3)24-32(4)40-27-37(28-44-40)42(49)43-19-7-20-47-21-17-35-25-36(26-35)18-22-47/h6,8-10,13-16,23-24,27-28,35-36,44-45H,4-5,7,11-12,17-22,25-26,29H2,1-3H3,(H,43,49)(H,46,48). The van der Waals surface area contributed by atoms with Crippen molar-refractivity contribution in [3.63, 3.8) is 0 Å². The minimum atomic E-state index is -0.0819. The SMILES string of the molecule is C=C(C=C(C=CCC)CCc1ccc(NC(=O)CNc2cc(C)ccc2C)cc1)c1cc(C(=O)NCCCN2CCC3CC(CC2)C3)c[nH]1. The van der Waals surface area contributed by atoms with Crippen molar-refractivity contribution >= 4 is 28.8 Å². The third-order valence-corrected chi connectivity index (χ3v) is 9.97. The fourth-order valence-corrected chi connectivity index (χ4v) is 6.85. The van der Waals surface area contributed by atoms with E-state index >= 15 is 0 Å². The van der Waals surface area contributed by atoms with Crippen molar-refractivity contribution in [1.29, 1.82) is 0 Å². The molecule has 3 fully saturated rings. The average Bonchev–Trinajstić information content (AvgIpc) is 3.56. The molecule has 0 atom stereocenters. The molecule has 0 spiro atoms. The molecule has 2 saturated heterocycles. The number of nitrogens with zero attached hydrogens (tertiary/aromatic N) is 1. The highest BCUT2D eigenvalue weighted by atomic mass is 16.2. The minimum Gasteiger partial charge on any atom is -0.376 e. The Hall–Kier alpha value is -4.36. The lowest BCUT2D eigenvalue weighted by Gasteiger charge is -2.41. The summed E-state index contributed by atoms with van der Waals surface area (Å²) in [5.41, 5.74) is 8.71. The van der Waals surface area contributed by atoms with Crippen LogP contribution < -0.4 is 16.0 Å². The summed E-state index contributed by atoms with van der Waals surface area (Å²) < 4.78 is 0. The lowest BCUT2D eigenvalue weighted by atomic mass is 9.71. The molecule has 2 aliphatic heterocycles. The average molecular weight is 662 g/mol. The number of carbonyl (C=O) groups is 2. The van der Waals surface area contributed by atoms with Gasteiger partial charge in [-0.15, -0.1) is 0 Å². The molecule has 0 unspecified atom stereocenters. The largest absolute Gasteiger partial charge is 0.376 e. The molecule has 0 radical (unpaired) electrons. The molecule has 3 aromatic rings. The Morgan fingerprint density at radius 1 is 1.02 bits per heavy atom. The normalized spacial score (nSPS) is 18.0. The molecular formula is C42H55N5O2. The van der Waals surface area contributed by atoms with Crippen LogP contribution in [0.1, 0.15) is 84.6 Å². The van der Waals surface area contributed by atoms with Crippen LogP contribution in [0.2, 0.25) is 0 Å². The second-order valence-corrected chi connectivity index (χ2v) is 14.0. The van der Waals surface area contributed by atoms with E-state index in [9.17, 15) is 9.59 Å². The number of aromatic nitrogens is 1. The van der Waals surface area contributed by atoms with Crippen molar-refractivity contribution in [2.75, 3.05) is 43.4 Å². The summed E-state index contributed by atoms with van der Waals surface area (Å²) in [6.45, 7) is 14.9. The quantitative estimate of drug-likeness (QED) is 0.0916. The molecule has 4 N–H and O–H groups in total. The maximum atomic E-state index is 12.9. The molecule has 6 rings (SSSR count). The van der Waals surface area contributed by atoms with Crippen molar-refractivity contribution in [3.05, 3.63) is 113 Å². The van der Waals surface area contributed by atoms with E-state index in [2.05, 4.69) is 87.9 Å². The third kappa shape index (κ3) is 11.1.